The predicted molar refractivity (Wildman–Crippen MR) is 95.5 cm³/mol. The van der Waals surface area contributed by atoms with E-state index in [1.54, 1.807) is 7.11 Å². The van der Waals surface area contributed by atoms with E-state index in [-0.39, 0.29) is 17.0 Å². The second kappa shape index (κ2) is 7.87. The van der Waals surface area contributed by atoms with Gasteiger partial charge in [-0.2, -0.15) is 4.57 Å². The van der Waals surface area contributed by atoms with E-state index >= 15 is 0 Å². The lowest BCUT2D eigenvalue weighted by Gasteiger charge is -2.04. The quantitative estimate of drug-likeness (QED) is 0.605. The summed E-state index contributed by atoms with van der Waals surface area (Å²) in [4.78, 5) is 0. The van der Waals surface area contributed by atoms with Crippen LogP contribution in [0.15, 0.2) is 60.8 Å². The minimum absolute atomic E-state index is 0. The van der Waals surface area contributed by atoms with E-state index < -0.39 is 0 Å². The van der Waals surface area contributed by atoms with Gasteiger partial charge in [0.15, 0.2) is 5.69 Å². The Morgan fingerprint density at radius 2 is 1.68 bits per heavy atom. The van der Waals surface area contributed by atoms with E-state index in [4.69, 9.17) is 4.74 Å². The van der Waals surface area contributed by atoms with Crippen molar-refractivity contribution in [1.82, 2.24) is 4.57 Å². The molecule has 0 saturated carbocycles. The molecule has 0 aliphatic carbocycles. The fraction of sp³-hybridized carbons (Fsp3) is 0.286. The van der Waals surface area contributed by atoms with Gasteiger partial charge < -0.3 is 21.7 Å². The molecule has 4 heteroatoms. The fourth-order valence-corrected chi connectivity index (χ4v) is 3.57. The first kappa shape index (κ1) is 17.7. The van der Waals surface area contributed by atoms with Crippen LogP contribution >= 0.6 is 0 Å². The van der Waals surface area contributed by atoms with Crippen molar-refractivity contribution in [2.24, 2.45) is 0 Å². The third-order valence-electron chi connectivity index (χ3n) is 4.83. The molecular weight excluding hydrogens is 376 g/mol. The van der Waals surface area contributed by atoms with Crippen LogP contribution in [-0.2, 0) is 13.0 Å². The highest BCUT2D eigenvalue weighted by atomic mass is 79.9. The molecule has 25 heavy (non-hydrogen) atoms. The van der Waals surface area contributed by atoms with Crippen LogP contribution in [0, 0.1) is 0 Å². The first-order chi connectivity index (χ1) is 11.9. The van der Waals surface area contributed by atoms with Gasteiger partial charge in [-0.05, 0) is 55.7 Å². The average Bonchev–Trinajstić information content (AvgIpc) is 2.84. The monoisotopic (exact) mass is 398 g/mol. The first-order valence-electron chi connectivity index (χ1n) is 8.71. The zero-order valence-corrected chi connectivity index (χ0v) is 16.1. The molecule has 3 aromatic rings. The highest BCUT2D eigenvalue weighted by Gasteiger charge is 2.26. The maximum absolute atomic E-state index is 5.30. The molecule has 0 spiro atoms. The number of benzene rings is 2. The Bertz CT molecular complexity index is 825. The van der Waals surface area contributed by atoms with Gasteiger partial charge in [0.1, 0.15) is 17.6 Å². The van der Waals surface area contributed by atoms with Gasteiger partial charge >= 0.3 is 0 Å². The average molecular weight is 399 g/mol. The molecule has 130 valence electrons. The second-order valence-corrected chi connectivity index (χ2v) is 6.33. The lowest BCUT2D eigenvalue weighted by molar-refractivity contribution is -0.692. The van der Waals surface area contributed by atoms with Crippen LogP contribution in [0.3, 0.4) is 0 Å². The highest BCUT2D eigenvalue weighted by molar-refractivity contribution is 5.57. The maximum Gasteiger partial charge on any atom is 0.262 e. The summed E-state index contributed by atoms with van der Waals surface area (Å²) < 4.78 is 10.2. The number of aromatic nitrogens is 2. The van der Waals surface area contributed by atoms with Crippen molar-refractivity contribution in [3.8, 4) is 22.7 Å². The van der Waals surface area contributed by atoms with Crippen LogP contribution in [0.2, 0.25) is 0 Å². The Kier molecular flexibility index (Phi) is 5.59. The summed E-state index contributed by atoms with van der Waals surface area (Å²) in [7, 11) is 1.71. The van der Waals surface area contributed by atoms with E-state index in [1.807, 2.05) is 12.1 Å². The molecule has 1 aliphatic heterocycles. The number of para-hydroxylation sites is 1. The van der Waals surface area contributed by atoms with Gasteiger partial charge in [-0.25, -0.2) is 4.57 Å². The summed E-state index contributed by atoms with van der Waals surface area (Å²) in [5.41, 5.74) is 3.77. The Morgan fingerprint density at radius 1 is 0.920 bits per heavy atom. The molecule has 0 unspecified atom stereocenters. The minimum atomic E-state index is 0. The standard InChI is InChI=1S/C21H23N2O.BrH/c1-24-19-13-11-17(12-14-19)20-16-23(18-8-4-2-5-9-18)21-10-6-3-7-15-22(20)21;/h2,4-5,8-9,11-14,16H,3,6-7,10,15H2,1H3;1H/q+1;/p-1. The van der Waals surface area contributed by atoms with Crippen LogP contribution in [0.4, 0.5) is 0 Å². The summed E-state index contributed by atoms with van der Waals surface area (Å²) >= 11 is 0. The van der Waals surface area contributed by atoms with E-state index in [9.17, 15) is 0 Å². The Morgan fingerprint density at radius 3 is 2.40 bits per heavy atom. The molecule has 0 amide bonds. The largest absolute Gasteiger partial charge is 1.00 e. The van der Waals surface area contributed by atoms with E-state index in [2.05, 4.69) is 57.8 Å². The molecule has 0 fully saturated rings. The van der Waals surface area contributed by atoms with E-state index in [0.29, 0.717) is 0 Å². The molecule has 0 radical (unpaired) electrons. The summed E-state index contributed by atoms with van der Waals surface area (Å²) in [6, 6.07) is 19.0. The molecule has 0 N–H and O–H groups in total. The van der Waals surface area contributed by atoms with Gasteiger partial charge in [-0.15, -0.1) is 0 Å². The molecule has 4 rings (SSSR count). The smallest absolute Gasteiger partial charge is 0.262 e. The van der Waals surface area contributed by atoms with Gasteiger partial charge in [-0.1, -0.05) is 18.2 Å². The van der Waals surface area contributed by atoms with Gasteiger partial charge in [0.2, 0.25) is 0 Å². The lowest BCUT2D eigenvalue weighted by Crippen LogP contribution is -3.00. The third kappa shape index (κ3) is 3.49. The number of hydrogen-bond acceptors (Lipinski definition) is 1. The predicted octanol–water partition coefficient (Wildman–Crippen LogP) is 1.17. The fourth-order valence-electron chi connectivity index (χ4n) is 3.57. The van der Waals surface area contributed by atoms with Crippen molar-refractivity contribution in [2.75, 3.05) is 7.11 Å². The van der Waals surface area contributed by atoms with Crippen molar-refractivity contribution in [1.29, 1.82) is 0 Å². The van der Waals surface area contributed by atoms with Crippen molar-refractivity contribution < 1.29 is 26.3 Å². The summed E-state index contributed by atoms with van der Waals surface area (Å²) in [6.07, 6.45) is 7.24. The van der Waals surface area contributed by atoms with Crippen molar-refractivity contribution in [2.45, 2.75) is 32.2 Å². The molecular formula is C21H23BrN2O. The van der Waals surface area contributed by atoms with E-state index in [1.165, 1.54) is 42.0 Å². The number of rotatable bonds is 3. The highest BCUT2D eigenvalue weighted by Crippen LogP contribution is 2.25. The Hall–Kier alpha value is -2.07. The Labute approximate surface area is 159 Å². The molecule has 1 aromatic heterocycles. The lowest BCUT2D eigenvalue weighted by atomic mass is 10.1. The zero-order chi connectivity index (χ0) is 16.4. The maximum atomic E-state index is 5.30. The number of imidazole rings is 1. The zero-order valence-electron chi connectivity index (χ0n) is 14.5. The summed E-state index contributed by atoms with van der Waals surface area (Å²) in [5, 5.41) is 0. The number of nitrogens with zero attached hydrogens (tertiary/aromatic N) is 2. The topological polar surface area (TPSA) is 18.0 Å². The molecule has 2 heterocycles. The van der Waals surface area contributed by atoms with Crippen molar-refractivity contribution in [3.05, 3.63) is 66.6 Å². The molecule has 2 aromatic carbocycles. The summed E-state index contributed by atoms with van der Waals surface area (Å²) in [5.74, 6) is 2.31. The number of ether oxygens (including phenoxy) is 1. The molecule has 0 bridgehead atoms. The number of halogens is 1. The van der Waals surface area contributed by atoms with Crippen molar-refractivity contribution in [3.63, 3.8) is 0 Å². The van der Waals surface area contributed by atoms with Crippen LogP contribution in [0.1, 0.15) is 25.1 Å². The number of hydrogen-bond donors (Lipinski definition) is 0. The number of fused-ring (bicyclic) bond motifs is 1. The SMILES string of the molecule is COc1ccc(-c2cn(-c3ccccc3)c3[n+]2CCCCC3)cc1.[Br-]. The molecule has 0 atom stereocenters. The van der Waals surface area contributed by atoms with Gasteiger partial charge in [-0.3, -0.25) is 0 Å². The number of methoxy groups -OCH3 is 1. The van der Waals surface area contributed by atoms with Gasteiger partial charge in [0.25, 0.3) is 5.82 Å². The molecule has 1 aliphatic rings. The Balaban J connectivity index is 0.00000182. The van der Waals surface area contributed by atoms with Crippen LogP contribution in [0.5, 0.6) is 5.75 Å². The van der Waals surface area contributed by atoms with Crippen molar-refractivity contribution >= 4 is 0 Å². The minimum Gasteiger partial charge on any atom is -1.00 e. The second-order valence-electron chi connectivity index (χ2n) is 6.33. The third-order valence-corrected chi connectivity index (χ3v) is 4.83. The van der Waals surface area contributed by atoms with E-state index in [0.717, 1.165) is 18.7 Å². The van der Waals surface area contributed by atoms with Crippen LogP contribution in [0.25, 0.3) is 16.9 Å². The molecule has 3 nitrogen and oxygen atoms in total. The summed E-state index contributed by atoms with van der Waals surface area (Å²) in [6.45, 7) is 1.09. The van der Waals surface area contributed by atoms with Crippen LogP contribution in [-0.4, -0.2) is 11.7 Å². The van der Waals surface area contributed by atoms with Gasteiger partial charge in [0.05, 0.1) is 13.7 Å². The first-order valence-corrected chi connectivity index (χ1v) is 8.71. The molecule has 0 saturated heterocycles. The van der Waals surface area contributed by atoms with Gasteiger partial charge in [0, 0.05) is 12.0 Å². The normalized spacial score (nSPS) is 13.5. The van der Waals surface area contributed by atoms with Crippen LogP contribution < -0.4 is 26.3 Å².